The maximum atomic E-state index is 5.91. The fraction of sp³-hybridized carbons (Fsp3) is 0.125. The average Bonchev–Trinajstić information content (AvgIpc) is 2.89. The van der Waals surface area contributed by atoms with Crippen molar-refractivity contribution in [1.82, 2.24) is 0 Å². The number of halogens is 2. The molecule has 0 fully saturated rings. The van der Waals surface area contributed by atoms with E-state index in [-0.39, 0.29) is 0 Å². The zero-order valence-electron chi connectivity index (χ0n) is 10.6. The summed E-state index contributed by atoms with van der Waals surface area (Å²) in [5, 5.41) is 1.77. The number of fused-ring (bicyclic) bond motifs is 1. The maximum Gasteiger partial charge on any atom is 0.138 e. The van der Waals surface area contributed by atoms with Gasteiger partial charge in [-0.25, -0.2) is 0 Å². The van der Waals surface area contributed by atoms with Gasteiger partial charge in [0.2, 0.25) is 0 Å². The molecule has 1 aromatic heterocycles. The first-order chi connectivity index (χ1) is 9.78. The molecule has 0 atom stereocenters. The minimum absolute atomic E-state index is 0.465. The molecule has 0 aliphatic carbocycles. The van der Waals surface area contributed by atoms with E-state index in [1.807, 2.05) is 42.5 Å². The summed E-state index contributed by atoms with van der Waals surface area (Å²) in [4.78, 5) is 0. The van der Waals surface area contributed by atoms with Gasteiger partial charge in [-0.05, 0) is 29.8 Å². The molecular weight excluding hydrogens is 295 g/mol. The monoisotopic (exact) mass is 306 g/mol. The molecule has 0 unspecified atom stereocenters. The second-order valence-corrected chi connectivity index (χ2v) is 5.17. The van der Waals surface area contributed by atoms with Gasteiger partial charge in [-0.1, -0.05) is 23.7 Å². The number of furan rings is 1. The van der Waals surface area contributed by atoms with E-state index in [0.717, 1.165) is 32.9 Å². The summed E-state index contributed by atoms with van der Waals surface area (Å²) in [6, 6.07) is 13.5. The number of hydrogen-bond acceptors (Lipinski definition) is 2. The van der Waals surface area contributed by atoms with Gasteiger partial charge < -0.3 is 9.15 Å². The van der Waals surface area contributed by atoms with Crippen molar-refractivity contribution in [3.8, 4) is 16.9 Å². The molecule has 0 bridgehead atoms. The molecule has 0 spiro atoms. The highest BCUT2D eigenvalue weighted by molar-refractivity contribution is 6.30. The van der Waals surface area contributed by atoms with Crippen molar-refractivity contribution >= 4 is 34.2 Å². The highest BCUT2D eigenvalue weighted by Gasteiger charge is 2.09. The summed E-state index contributed by atoms with van der Waals surface area (Å²) >= 11 is 11.5. The second-order valence-electron chi connectivity index (χ2n) is 4.35. The number of rotatable bonds is 4. The van der Waals surface area contributed by atoms with Crippen molar-refractivity contribution in [2.75, 3.05) is 12.5 Å². The van der Waals surface area contributed by atoms with Crippen molar-refractivity contribution in [2.24, 2.45) is 0 Å². The first-order valence-electron chi connectivity index (χ1n) is 6.24. The van der Waals surface area contributed by atoms with Crippen LogP contribution in [0.25, 0.3) is 22.1 Å². The van der Waals surface area contributed by atoms with Gasteiger partial charge >= 0.3 is 0 Å². The topological polar surface area (TPSA) is 22.4 Å². The molecule has 0 saturated heterocycles. The van der Waals surface area contributed by atoms with E-state index in [9.17, 15) is 0 Å². The zero-order chi connectivity index (χ0) is 13.9. The molecule has 3 rings (SSSR count). The van der Waals surface area contributed by atoms with Gasteiger partial charge in [-0.3, -0.25) is 0 Å². The molecule has 0 radical (unpaired) electrons. The second kappa shape index (κ2) is 5.78. The Morgan fingerprint density at radius 3 is 2.60 bits per heavy atom. The van der Waals surface area contributed by atoms with Crippen LogP contribution in [0.3, 0.4) is 0 Å². The third-order valence-corrected chi connectivity index (χ3v) is 3.45. The molecule has 20 heavy (non-hydrogen) atoms. The maximum absolute atomic E-state index is 5.91. The number of benzene rings is 2. The van der Waals surface area contributed by atoms with Crippen LogP contribution in [-0.4, -0.2) is 12.5 Å². The van der Waals surface area contributed by atoms with Crippen LogP contribution in [0.15, 0.2) is 53.1 Å². The van der Waals surface area contributed by atoms with E-state index in [1.165, 1.54) is 0 Å². The third kappa shape index (κ3) is 2.62. The van der Waals surface area contributed by atoms with Gasteiger partial charge in [-0.2, -0.15) is 0 Å². The molecule has 0 saturated carbocycles. The van der Waals surface area contributed by atoms with Crippen LogP contribution in [0.5, 0.6) is 5.75 Å². The van der Waals surface area contributed by atoms with Crippen molar-refractivity contribution in [3.63, 3.8) is 0 Å². The van der Waals surface area contributed by atoms with Crippen LogP contribution in [0.1, 0.15) is 0 Å². The number of hydrogen-bond donors (Lipinski definition) is 0. The van der Waals surface area contributed by atoms with E-state index in [4.69, 9.17) is 32.4 Å². The zero-order valence-corrected chi connectivity index (χ0v) is 12.1. The summed E-state index contributed by atoms with van der Waals surface area (Å²) in [7, 11) is 0. The van der Waals surface area contributed by atoms with Gasteiger partial charge in [0, 0.05) is 22.0 Å². The average molecular weight is 307 g/mol. The highest BCUT2D eigenvalue weighted by atomic mass is 35.5. The molecule has 4 heteroatoms. The van der Waals surface area contributed by atoms with E-state index in [0.29, 0.717) is 12.5 Å². The van der Waals surface area contributed by atoms with Crippen molar-refractivity contribution < 1.29 is 9.15 Å². The molecular formula is C16H12Cl2O2. The van der Waals surface area contributed by atoms with Gasteiger partial charge in [0.1, 0.15) is 17.9 Å². The smallest absolute Gasteiger partial charge is 0.138 e. The van der Waals surface area contributed by atoms with Crippen LogP contribution in [-0.2, 0) is 0 Å². The summed E-state index contributed by atoms with van der Waals surface area (Å²) in [5.41, 5.74) is 2.91. The van der Waals surface area contributed by atoms with Gasteiger partial charge in [0.05, 0.1) is 12.1 Å². The van der Waals surface area contributed by atoms with Gasteiger partial charge in [0.15, 0.2) is 0 Å². The molecule has 2 aromatic carbocycles. The Hall–Kier alpha value is -1.64. The van der Waals surface area contributed by atoms with E-state index in [1.54, 1.807) is 6.26 Å². The SMILES string of the molecule is ClCCOc1ccc2c(-c3ccc(Cl)cc3)coc2c1. The Kier molecular flexibility index (Phi) is 3.86. The normalized spacial score (nSPS) is 10.9. The minimum Gasteiger partial charge on any atom is -0.492 e. The lowest BCUT2D eigenvalue weighted by Gasteiger charge is -2.03. The molecule has 0 aliphatic heterocycles. The fourth-order valence-corrected chi connectivity index (χ4v) is 2.31. The summed E-state index contributed by atoms with van der Waals surface area (Å²) in [5.74, 6) is 1.22. The molecule has 102 valence electrons. The third-order valence-electron chi connectivity index (χ3n) is 3.05. The number of ether oxygens (including phenoxy) is 1. The lowest BCUT2D eigenvalue weighted by Crippen LogP contribution is -1.97. The lowest BCUT2D eigenvalue weighted by atomic mass is 10.1. The predicted octanol–water partition coefficient (Wildman–Crippen LogP) is 5.37. The first-order valence-corrected chi connectivity index (χ1v) is 7.15. The lowest BCUT2D eigenvalue weighted by molar-refractivity contribution is 0.343. The van der Waals surface area contributed by atoms with Crippen molar-refractivity contribution in [3.05, 3.63) is 53.8 Å². The van der Waals surface area contributed by atoms with Crippen molar-refractivity contribution in [1.29, 1.82) is 0 Å². The summed E-state index contributed by atoms with van der Waals surface area (Å²) in [6.45, 7) is 0.484. The molecule has 0 N–H and O–H groups in total. The Morgan fingerprint density at radius 1 is 1.05 bits per heavy atom. The standard InChI is InChI=1S/C16H12Cl2O2/c17-7-8-19-13-5-6-14-15(10-20-16(14)9-13)11-1-3-12(18)4-2-11/h1-6,9-10H,7-8H2. The van der Waals surface area contributed by atoms with Crippen LogP contribution >= 0.6 is 23.2 Å². The molecule has 2 nitrogen and oxygen atoms in total. The summed E-state index contributed by atoms with van der Waals surface area (Å²) in [6.07, 6.45) is 1.75. The van der Waals surface area contributed by atoms with E-state index in [2.05, 4.69) is 0 Å². The molecule has 3 aromatic rings. The van der Waals surface area contributed by atoms with Crippen LogP contribution < -0.4 is 4.74 Å². The van der Waals surface area contributed by atoms with Crippen LogP contribution in [0.4, 0.5) is 0 Å². The summed E-state index contributed by atoms with van der Waals surface area (Å²) < 4.78 is 11.1. The Bertz CT molecular complexity index is 717. The Labute approximate surface area is 126 Å². The van der Waals surface area contributed by atoms with Crippen LogP contribution in [0.2, 0.25) is 5.02 Å². The first kappa shape index (κ1) is 13.3. The quantitative estimate of drug-likeness (QED) is 0.604. The minimum atomic E-state index is 0.465. The van der Waals surface area contributed by atoms with Crippen molar-refractivity contribution in [2.45, 2.75) is 0 Å². The van der Waals surface area contributed by atoms with Gasteiger partial charge in [-0.15, -0.1) is 11.6 Å². The fourth-order valence-electron chi connectivity index (χ4n) is 2.11. The van der Waals surface area contributed by atoms with E-state index < -0.39 is 0 Å². The van der Waals surface area contributed by atoms with E-state index >= 15 is 0 Å². The molecule has 0 amide bonds. The molecule has 1 heterocycles. The van der Waals surface area contributed by atoms with Crippen LogP contribution in [0, 0.1) is 0 Å². The highest BCUT2D eigenvalue weighted by Crippen LogP contribution is 2.33. The number of alkyl halides is 1. The van der Waals surface area contributed by atoms with Gasteiger partial charge in [0.25, 0.3) is 0 Å². The largest absolute Gasteiger partial charge is 0.492 e. The molecule has 0 aliphatic rings. The Balaban J connectivity index is 1.99. The Morgan fingerprint density at radius 2 is 1.85 bits per heavy atom. The predicted molar refractivity (Wildman–Crippen MR) is 82.9 cm³/mol.